The molecule has 0 aliphatic carbocycles. The molecule has 0 unspecified atom stereocenters. The summed E-state index contributed by atoms with van der Waals surface area (Å²) in [6.45, 7) is 1.98. The highest BCUT2D eigenvalue weighted by molar-refractivity contribution is 6.31. The minimum atomic E-state index is -0.607. The molecule has 5 nitrogen and oxygen atoms in total. The summed E-state index contributed by atoms with van der Waals surface area (Å²) in [6, 6.07) is 12.2. The van der Waals surface area contributed by atoms with Gasteiger partial charge in [0.05, 0.1) is 12.1 Å². The van der Waals surface area contributed by atoms with Crippen LogP contribution in [0.1, 0.15) is 15.9 Å². The Morgan fingerprint density at radius 3 is 2.45 bits per heavy atom. The minimum Gasteiger partial charge on any atom is -0.375 e. The summed E-state index contributed by atoms with van der Waals surface area (Å²) < 4.78 is 0. The monoisotopic (exact) mass is 317 g/mol. The number of hydrogen-bond donors (Lipinski definition) is 3. The molecule has 0 atom stereocenters. The van der Waals surface area contributed by atoms with E-state index < -0.39 is 5.91 Å². The van der Waals surface area contributed by atoms with E-state index in [4.69, 9.17) is 17.3 Å². The van der Waals surface area contributed by atoms with Gasteiger partial charge >= 0.3 is 0 Å². The molecule has 0 bridgehead atoms. The number of carbonyl (C=O) groups is 2. The molecule has 2 amide bonds. The van der Waals surface area contributed by atoms with Crippen LogP contribution in [-0.4, -0.2) is 18.4 Å². The molecule has 0 saturated heterocycles. The van der Waals surface area contributed by atoms with Crippen molar-refractivity contribution < 1.29 is 9.59 Å². The Bertz CT molecular complexity index is 699. The van der Waals surface area contributed by atoms with Gasteiger partial charge in [0.1, 0.15) is 0 Å². The van der Waals surface area contributed by atoms with Gasteiger partial charge in [-0.25, -0.2) is 0 Å². The van der Waals surface area contributed by atoms with Gasteiger partial charge < -0.3 is 16.4 Å². The number of nitrogens with one attached hydrogen (secondary N) is 2. The van der Waals surface area contributed by atoms with Crippen molar-refractivity contribution in [3.8, 4) is 0 Å². The molecule has 2 aromatic carbocycles. The van der Waals surface area contributed by atoms with Crippen molar-refractivity contribution in [3.63, 3.8) is 0 Å². The van der Waals surface area contributed by atoms with Crippen molar-refractivity contribution in [2.75, 3.05) is 17.2 Å². The Balaban J connectivity index is 1.99. The van der Waals surface area contributed by atoms with Crippen LogP contribution in [-0.2, 0) is 4.79 Å². The molecule has 2 rings (SSSR count). The fourth-order valence-corrected chi connectivity index (χ4v) is 2.06. The van der Waals surface area contributed by atoms with Gasteiger partial charge in [0.25, 0.3) is 5.91 Å². The summed E-state index contributed by atoms with van der Waals surface area (Å²) in [7, 11) is 0. The molecule has 0 saturated carbocycles. The van der Waals surface area contributed by atoms with Gasteiger partial charge in [-0.3, -0.25) is 9.59 Å². The zero-order valence-corrected chi connectivity index (χ0v) is 12.8. The summed E-state index contributed by atoms with van der Waals surface area (Å²) in [5.74, 6) is -0.835. The summed E-state index contributed by atoms with van der Waals surface area (Å²) >= 11 is 5.83. The molecule has 114 valence electrons. The lowest BCUT2D eigenvalue weighted by Gasteiger charge is -2.11. The topological polar surface area (TPSA) is 84.2 Å². The fourth-order valence-electron chi connectivity index (χ4n) is 1.89. The molecule has 0 aliphatic heterocycles. The molecule has 0 heterocycles. The first-order chi connectivity index (χ1) is 10.5. The SMILES string of the molecule is Cc1ccc(NC(=O)CNc2ccc(Cl)cc2C(N)=O)cc1. The zero-order valence-electron chi connectivity index (χ0n) is 12.0. The smallest absolute Gasteiger partial charge is 0.250 e. The summed E-state index contributed by atoms with van der Waals surface area (Å²) in [5.41, 5.74) is 7.83. The second-order valence-electron chi connectivity index (χ2n) is 4.82. The van der Waals surface area contributed by atoms with E-state index in [1.54, 1.807) is 12.1 Å². The average molecular weight is 318 g/mol. The van der Waals surface area contributed by atoms with Crippen molar-refractivity contribution in [3.05, 3.63) is 58.6 Å². The number of amides is 2. The highest BCUT2D eigenvalue weighted by Crippen LogP contribution is 2.20. The molecular formula is C16H16ClN3O2. The number of benzene rings is 2. The second kappa shape index (κ2) is 6.95. The van der Waals surface area contributed by atoms with Crippen molar-refractivity contribution >= 4 is 34.8 Å². The molecule has 2 aromatic rings. The standard InChI is InChI=1S/C16H16ClN3O2/c1-10-2-5-12(6-3-10)20-15(21)9-19-14-7-4-11(17)8-13(14)16(18)22/h2-8,19H,9H2,1H3,(H2,18,22)(H,20,21). The predicted molar refractivity (Wildman–Crippen MR) is 88.3 cm³/mol. The molecular weight excluding hydrogens is 302 g/mol. The lowest BCUT2D eigenvalue weighted by atomic mass is 10.1. The maximum atomic E-state index is 11.9. The molecule has 0 aromatic heterocycles. The largest absolute Gasteiger partial charge is 0.375 e. The summed E-state index contributed by atoms with van der Waals surface area (Å²) in [5, 5.41) is 6.04. The van der Waals surface area contributed by atoms with Crippen LogP contribution in [0, 0.1) is 6.92 Å². The summed E-state index contributed by atoms with van der Waals surface area (Å²) in [4.78, 5) is 23.3. The molecule has 0 radical (unpaired) electrons. The third-order valence-electron chi connectivity index (χ3n) is 3.02. The Morgan fingerprint density at radius 2 is 1.82 bits per heavy atom. The van der Waals surface area contributed by atoms with Crippen LogP contribution in [0.15, 0.2) is 42.5 Å². The van der Waals surface area contributed by atoms with Crippen LogP contribution in [0.25, 0.3) is 0 Å². The number of halogens is 1. The van der Waals surface area contributed by atoms with Crippen LogP contribution in [0.4, 0.5) is 11.4 Å². The Morgan fingerprint density at radius 1 is 1.14 bits per heavy atom. The van der Waals surface area contributed by atoms with Gasteiger partial charge in [-0.15, -0.1) is 0 Å². The molecule has 0 fully saturated rings. The Kier molecular flexibility index (Phi) is 5.01. The average Bonchev–Trinajstić information content (AvgIpc) is 2.48. The minimum absolute atomic E-state index is 0.00971. The number of anilines is 2. The highest BCUT2D eigenvalue weighted by atomic mass is 35.5. The lowest BCUT2D eigenvalue weighted by Crippen LogP contribution is -2.23. The van der Waals surface area contributed by atoms with E-state index in [1.807, 2.05) is 31.2 Å². The number of primary amides is 1. The van der Waals surface area contributed by atoms with E-state index in [2.05, 4.69) is 10.6 Å². The van der Waals surface area contributed by atoms with E-state index in [-0.39, 0.29) is 18.0 Å². The van der Waals surface area contributed by atoms with Crippen LogP contribution in [0.2, 0.25) is 5.02 Å². The molecule has 4 N–H and O–H groups in total. The van der Waals surface area contributed by atoms with Crippen LogP contribution in [0.3, 0.4) is 0 Å². The first-order valence-electron chi connectivity index (χ1n) is 6.65. The summed E-state index contributed by atoms with van der Waals surface area (Å²) in [6.07, 6.45) is 0. The van der Waals surface area contributed by atoms with E-state index in [0.717, 1.165) is 5.56 Å². The van der Waals surface area contributed by atoms with Crippen molar-refractivity contribution in [2.24, 2.45) is 5.73 Å². The number of rotatable bonds is 5. The highest BCUT2D eigenvalue weighted by Gasteiger charge is 2.10. The maximum Gasteiger partial charge on any atom is 0.250 e. The number of nitrogens with two attached hydrogens (primary N) is 1. The molecule has 22 heavy (non-hydrogen) atoms. The van der Waals surface area contributed by atoms with Gasteiger partial charge in [0, 0.05) is 16.4 Å². The molecule has 6 heteroatoms. The van der Waals surface area contributed by atoms with Crippen LogP contribution >= 0.6 is 11.6 Å². The van der Waals surface area contributed by atoms with Gasteiger partial charge in [0.2, 0.25) is 5.91 Å². The normalized spacial score (nSPS) is 10.1. The molecule has 0 spiro atoms. The Labute approximate surface area is 133 Å². The number of hydrogen-bond acceptors (Lipinski definition) is 3. The number of carbonyl (C=O) groups excluding carboxylic acids is 2. The third kappa shape index (κ3) is 4.23. The molecule has 0 aliphatic rings. The predicted octanol–water partition coefficient (Wildman–Crippen LogP) is 2.80. The van der Waals surface area contributed by atoms with E-state index >= 15 is 0 Å². The van der Waals surface area contributed by atoms with Gasteiger partial charge in [-0.2, -0.15) is 0 Å². The first kappa shape index (κ1) is 15.9. The zero-order chi connectivity index (χ0) is 16.1. The van der Waals surface area contributed by atoms with Gasteiger partial charge in [-0.1, -0.05) is 29.3 Å². The second-order valence-corrected chi connectivity index (χ2v) is 5.26. The fraction of sp³-hybridized carbons (Fsp3) is 0.125. The van der Waals surface area contributed by atoms with Crippen molar-refractivity contribution in [2.45, 2.75) is 6.92 Å². The first-order valence-corrected chi connectivity index (χ1v) is 7.03. The van der Waals surface area contributed by atoms with Gasteiger partial charge in [0.15, 0.2) is 0 Å². The van der Waals surface area contributed by atoms with Crippen molar-refractivity contribution in [1.29, 1.82) is 0 Å². The van der Waals surface area contributed by atoms with Crippen LogP contribution in [0.5, 0.6) is 0 Å². The van der Waals surface area contributed by atoms with Gasteiger partial charge in [-0.05, 0) is 37.3 Å². The lowest BCUT2D eigenvalue weighted by molar-refractivity contribution is -0.114. The maximum absolute atomic E-state index is 11.9. The van der Waals surface area contributed by atoms with E-state index in [1.165, 1.54) is 6.07 Å². The van der Waals surface area contributed by atoms with E-state index in [0.29, 0.717) is 16.4 Å². The van der Waals surface area contributed by atoms with E-state index in [9.17, 15) is 9.59 Å². The Hall–Kier alpha value is -2.53. The number of aryl methyl sites for hydroxylation is 1. The third-order valence-corrected chi connectivity index (χ3v) is 3.26. The quantitative estimate of drug-likeness (QED) is 0.792. The van der Waals surface area contributed by atoms with Crippen LogP contribution < -0.4 is 16.4 Å². The van der Waals surface area contributed by atoms with Crippen molar-refractivity contribution in [1.82, 2.24) is 0 Å².